The number of carbonyl (C=O) groups is 3. The van der Waals surface area contributed by atoms with E-state index in [9.17, 15) is 19.5 Å². The second kappa shape index (κ2) is 9.43. The Kier molecular flexibility index (Phi) is 6.77. The number of fused-ring (bicyclic) bond motifs is 1. The predicted molar refractivity (Wildman–Crippen MR) is 122 cm³/mol. The summed E-state index contributed by atoms with van der Waals surface area (Å²) in [5, 5.41) is 15.6. The van der Waals surface area contributed by atoms with E-state index in [2.05, 4.69) is 10.6 Å². The molecular weight excluding hydrogens is 422 g/mol. The van der Waals surface area contributed by atoms with Gasteiger partial charge in [0.25, 0.3) is 0 Å². The van der Waals surface area contributed by atoms with Crippen LogP contribution in [0.5, 0.6) is 0 Å². The van der Waals surface area contributed by atoms with Crippen molar-refractivity contribution >= 4 is 17.7 Å². The molecule has 3 aliphatic heterocycles. The fraction of sp³-hybridized carbons (Fsp3) is 0.640. The van der Waals surface area contributed by atoms with Crippen LogP contribution in [-0.4, -0.2) is 64.7 Å². The summed E-state index contributed by atoms with van der Waals surface area (Å²) in [6, 6.07) is 8.80. The largest absolute Gasteiger partial charge is 0.395 e. The van der Waals surface area contributed by atoms with E-state index in [1.165, 1.54) is 4.90 Å². The SMILES string of the molecule is CCCCNC(=O)C1N(CCO)C(=O)[C@@H]2[C@@H](C(=O)NCc3ccccc3)[C@@]3(CC)CCC12O3. The number of ether oxygens (including phenoxy) is 1. The van der Waals surface area contributed by atoms with E-state index in [-0.39, 0.29) is 30.9 Å². The third-order valence-corrected chi connectivity index (χ3v) is 7.69. The van der Waals surface area contributed by atoms with Crippen LogP contribution in [0.4, 0.5) is 0 Å². The van der Waals surface area contributed by atoms with Crippen molar-refractivity contribution in [2.24, 2.45) is 11.8 Å². The summed E-state index contributed by atoms with van der Waals surface area (Å²) in [6.45, 7) is 4.70. The number of aliphatic hydroxyl groups excluding tert-OH is 1. The zero-order valence-electron chi connectivity index (χ0n) is 19.5. The number of carbonyl (C=O) groups excluding carboxylic acids is 3. The minimum absolute atomic E-state index is 0.0454. The van der Waals surface area contributed by atoms with Gasteiger partial charge in [0.1, 0.15) is 11.6 Å². The van der Waals surface area contributed by atoms with Crippen LogP contribution in [0.15, 0.2) is 30.3 Å². The molecule has 0 aliphatic carbocycles. The normalized spacial score (nSPS) is 32.2. The monoisotopic (exact) mass is 457 g/mol. The summed E-state index contributed by atoms with van der Waals surface area (Å²) in [5.41, 5.74) is -0.815. The molecule has 3 N–H and O–H groups in total. The lowest BCUT2D eigenvalue weighted by molar-refractivity contribution is -0.148. The number of hydrogen-bond donors (Lipinski definition) is 3. The van der Waals surface area contributed by atoms with Gasteiger partial charge in [0.05, 0.1) is 24.0 Å². The first-order valence-electron chi connectivity index (χ1n) is 12.1. The van der Waals surface area contributed by atoms with Crippen LogP contribution in [0.3, 0.4) is 0 Å². The Bertz CT molecular complexity index is 893. The van der Waals surface area contributed by atoms with Crippen LogP contribution in [0.25, 0.3) is 0 Å². The fourth-order valence-corrected chi connectivity index (χ4v) is 6.14. The van der Waals surface area contributed by atoms with Gasteiger partial charge in [0.2, 0.25) is 17.7 Å². The minimum atomic E-state index is -1.03. The smallest absolute Gasteiger partial charge is 0.245 e. The second-order valence-corrected chi connectivity index (χ2v) is 9.44. The molecule has 180 valence electrons. The van der Waals surface area contributed by atoms with Crippen LogP contribution in [0.1, 0.15) is 51.5 Å². The van der Waals surface area contributed by atoms with Gasteiger partial charge in [0.15, 0.2) is 0 Å². The Balaban J connectivity index is 1.63. The highest BCUT2D eigenvalue weighted by Gasteiger charge is 2.78. The molecule has 0 saturated carbocycles. The Morgan fingerprint density at radius 2 is 1.91 bits per heavy atom. The summed E-state index contributed by atoms with van der Waals surface area (Å²) >= 11 is 0. The van der Waals surface area contributed by atoms with E-state index in [4.69, 9.17) is 4.74 Å². The van der Waals surface area contributed by atoms with Gasteiger partial charge in [-0.2, -0.15) is 0 Å². The van der Waals surface area contributed by atoms with Crippen molar-refractivity contribution in [1.29, 1.82) is 0 Å². The number of hydrogen-bond acceptors (Lipinski definition) is 5. The molecule has 2 unspecified atom stereocenters. The van der Waals surface area contributed by atoms with Gasteiger partial charge in [-0.05, 0) is 31.2 Å². The molecule has 2 bridgehead atoms. The quantitative estimate of drug-likeness (QED) is 0.460. The van der Waals surface area contributed by atoms with Gasteiger partial charge in [-0.25, -0.2) is 0 Å². The second-order valence-electron chi connectivity index (χ2n) is 9.44. The molecule has 1 aromatic carbocycles. The van der Waals surface area contributed by atoms with Gasteiger partial charge in [-0.3, -0.25) is 14.4 Å². The number of aliphatic hydroxyl groups is 1. The number of rotatable bonds is 10. The molecule has 33 heavy (non-hydrogen) atoms. The van der Waals surface area contributed by atoms with Crippen LogP contribution >= 0.6 is 0 Å². The summed E-state index contributed by atoms with van der Waals surface area (Å²) in [6.07, 6.45) is 3.55. The van der Waals surface area contributed by atoms with E-state index in [1.54, 1.807) is 0 Å². The van der Waals surface area contributed by atoms with Crippen molar-refractivity contribution in [3.63, 3.8) is 0 Å². The highest BCUT2D eigenvalue weighted by atomic mass is 16.5. The molecule has 3 amide bonds. The molecule has 8 heteroatoms. The van der Waals surface area contributed by atoms with Crippen molar-refractivity contribution in [3.05, 3.63) is 35.9 Å². The first-order chi connectivity index (χ1) is 15.9. The number of benzene rings is 1. The highest BCUT2D eigenvalue weighted by Crippen LogP contribution is 2.64. The van der Waals surface area contributed by atoms with E-state index < -0.39 is 29.1 Å². The standard InChI is InChI=1S/C25H35N3O5/c1-3-5-13-26-22(31)20-25-12-11-24(4-2,33-25)18(19(25)23(32)28(20)14-15-29)21(30)27-16-17-9-7-6-8-10-17/h6-10,18-20,29H,3-5,11-16H2,1-2H3,(H,26,31)(H,27,30)/t18-,19-,20?,24+,25?/m0/s1. The average molecular weight is 458 g/mol. The van der Waals surface area contributed by atoms with E-state index in [0.717, 1.165) is 18.4 Å². The van der Waals surface area contributed by atoms with Gasteiger partial charge in [-0.15, -0.1) is 0 Å². The molecular formula is C25H35N3O5. The van der Waals surface area contributed by atoms with Crippen molar-refractivity contribution < 1.29 is 24.2 Å². The Morgan fingerprint density at radius 1 is 1.15 bits per heavy atom. The van der Waals surface area contributed by atoms with Gasteiger partial charge >= 0.3 is 0 Å². The lowest BCUT2D eigenvalue weighted by Crippen LogP contribution is -2.55. The fourth-order valence-electron chi connectivity index (χ4n) is 6.14. The molecule has 8 nitrogen and oxygen atoms in total. The molecule has 1 spiro atoms. The van der Waals surface area contributed by atoms with Crippen molar-refractivity contribution in [2.45, 2.75) is 69.7 Å². The number of unbranched alkanes of at least 4 members (excludes halogenated alkanes) is 1. The maximum atomic E-state index is 13.6. The minimum Gasteiger partial charge on any atom is -0.395 e. The third kappa shape index (κ3) is 3.83. The number of β-amino-alcohol motifs (C(OH)–C–C–N with tert-alkyl or cyclic N) is 1. The van der Waals surface area contributed by atoms with Gasteiger partial charge < -0.3 is 25.4 Å². The van der Waals surface area contributed by atoms with Crippen LogP contribution in [-0.2, 0) is 25.7 Å². The van der Waals surface area contributed by atoms with Gasteiger partial charge in [-0.1, -0.05) is 50.6 Å². The first-order valence-corrected chi connectivity index (χ1v) is 12.1. The van der Waals surface area contributed by atoms with Crippen molar-refractivity contribution in [2.75, 3.05) is 19.7 Å². The maximum Gasteiger partial charge on any atom is 0.245 e. The van der Waals surface area contributed by atoms with Crippen LogP contribution in [0, 0.1) is 11.8 Å². The number of likely N-dealkylation sites (tertiary alicyclic amines) is 1. The Labute approximate surface area is 195 Å². The topological polar surface area (TPSA) is 108 Å². The summed E-state index contributed by atoms with van der Waals surface area (Å²) in [4.78, 5) is 41.9. The lowest BCUT2D eigenvalue weighted by Gasteiger charge is -2.34. The van der Waals surface area contributed by atoms with Crippen LogP contribution < -0.4 is 10.6 Å². The third-order valence-electron chi connectivity index (χ3n) is 7.69. The molecule has 5 atom stereocenters. The lowest BCUT2D eigenvalue weighted by atomic mass is 9.65. The predicted octanol–water partition coefficient (Wildman–Crippen LogP) is 1.37. The van der Waals surface area contributed by atoms with E-state index in [0.29, 0.717) is 32.4 Å². The molecule has 3 saturated heterocycles. The zero-order valence-corrected chi connectivity index (χ0v) is 19.5. The Hall–Kier alpha value is -2.45. The van der Waals surface area contributed by atoms with E-state index in [1.807, 2.05) is 44.2 Å². The molecule has 4 rings (SSSR count). The molecule has 1 aromatic rings. The maximum absolute atomic E-state index is 13.6. The average Bonchev–Trinajstić information content (AvgIpc) is 3.42. The van der Waals surface area contributed by atoms with Crippen molar-refractivity contribution in [1.82, 2.24) is 15.5 Å². The number of nitrogens with one attached hydrogen (secondary N) is 2. The van der Waals surface area contributed by atoms with E-state index >= 15 is 0 Å². The zero-order chi connectivity index (χ0) is 23.6. The summed E-state index contributed by atoms with van der Waals surface area (Å²) in [5.74, 6) is -2.13. The Morgan fingerprint density at radius 3 is 2.58 bits per heavy atom. The first kappa shape index (κ1) is 23.7. The molecule has 3 fully saturated rings. The summed E-state index contributed by atoms with van der Waals surface area (Å²) in [7, 11) is 0. The number of nitrogens with zero attached hydrogens (tertiary/aromatic N) is 1. The highest BCUT2D eigenvalue weighted by molar-refractivity contribution is 5.99. The van der Waals surface area contributed by atoms with Crippen LogP contribution in [0.2, 0.25) is 0 Å². The molecule has 3 heterocycles. The molecule has 0 radical (unpaired) electrons. The summed E-state index contributed by atoms with van der Waals surface area (Å²) < 4.78 is 6.63. The molecule has 3 aliphatic rings. The van der Waals surface area contributed by atoms with Crippen molar-refractivity contribution in [3.8, 4) is 0 Å². The van der Waals surface area contributed by atoms with Gasteiger partial charge in [0, 0.05) is 19.6 Å². The molecule has 0 aromatic heterocycles. The number of amides is 3.